The van der Waals surface area contributed by atoms with E-state index in [0.717, 1.165) is 15.4 Å². The van der Waals surface area contributed by atoms with Gasteiger partial charge in [-0.2, -0.15) is 8.42 Å². The van der Waals surface area contributed by atoms with Crippen molar-refractivity contribution in [2.24, 2.45) is 0 Å². The smallest absolute Gasteiger partial charge is 0.274 e. The Morgan fingerprint density at radius 2 is 1.89 bits per heavy atom. The second-order valence-electron chi connectivity index (χ2n) is 4.53. The van der Waals surface area contributed by atoms with E-state index < -0.39 is 20.7 Å². The molecule has 1 unspecified atom stereocenters. The number of halogens is 1. The molecular weight excluding hydrogens is 274 g/mol. The van der Waals surface area contributed by atoms with Crippen LogP contribution in [-0.4, -0.2) is 18.6 Å². The van der Waals surface area contributed by atoms with E-state index in [1.165, 1.54) is 0 Å². The van der Waals surface area contributed by atoms with E-state index in [4.69, 9.17) is 10.7 Å². The molecule has 1 fully saturated rings. The van der Waals surface area contributed by atoms with Gasteiger partial charge in [-0.15, -0.1) is 0 Å². The molecule has 4 nitrogen and oxygen atoms in total. The molecule has 98 valence electrons. The average Bonchev–Trinajstić information content (AvgIpc) is 2.24. The fraction of sp³-hybridized carbons (Fsp3) is 0.417. The molecular formula is C12H14ClNO3S. The van der Waals surface area contributed by atoms with Crippen molar-refractivity contribution >= 4 is 25.8 Å². The normalized spacial score (nSPS) is 23.9. The van der Waals surface area contributed by atoms with Crippen LogP contribution in [0.3, 0.4) is 0 Å². The number of β-lactam (4-membered cyclic amide) rings is 1. The van der Waals surface area contributed by atoms with Crippen LogP contribution in [0, 0.1) is 6.92 Å². The Balaban J connectivity index is 2.50. The average molecular weight is 288 g/mol. The number of benzene rings is 1. The summed E-state index contributed by atoms with van der Waals surface area (Å²) in [5, 5.41) is 0. The minimum absolute atomic E-state index is 0.179. The maximum absolute atomic E-state index is 11.6. The third-order valence-electron chi connectivity index (χ3n) is 3.45. The van der Waals surface area contributed by atoms with E-state index >= 15 is 0 Å². The molecule has 1 saturated heterocycles. The summed E-state index contributed by atoms with van der Waals surface area (Å²) < 4.78 is 23.8. The van der Waals surface area contributed by atoms with Crippen molar-refractivity contribution in [3.05, 3.63) is 35.4 Å². The van der Waals surface area contributed by atoms with Gasteiger partial charge in [0.1, 0.15) is 0 Å². The Bertz CT molecular complexity index is 582. The summed E-state index contributed by atoms with van der Waals surface area (Å²) >= 11 is 0. The van der Waals surface area contributed by atoms with Crippen LogP contribution in [0.15, 0.2) is 24.3 Å². The maximum Gasteiger partial charge on any atom is 0.324 e. The number of carbonyl (C=O) groups is 1. The van der Waals surface area contributed by atoms with Crippen LogP contribution < -0.4 is 0 Å². The lowest BCUT2D eigenvalue weighted by Gasteiger charge is -2.49. The monoisotopic (exact) mass is 287 g/mol. The number of rotatable bonds is 3. The molecule has 1 heterocycles. The van der Waals surface area contributed by atoms with Crippen LogP contribution in [0.2, 0.25) is 0 Å². The highest BCUT2D eigenvalue weighted by Gasteiger charge is 2.56. The van der Waals surface area contributed by atoms with Gasteiger partial charge in [-0.3, -0.25) is 4.79 Å². The molecule has 0 aromatic heterocycles. The molecule has 1 atom stereocenters. The first kappa shape index (κ1) is 13.4. The summed E-state index contributed by atoms with van der Waals surface area (Å²) in [7, 11) is 1.31. The predicted octanol–water partition coefficient (Wildman–Crippen LogP) is 2.32. The largest absolute Gasteiger partial charge is 0.324 e. The predicted molar refractivity (Wildman–Crippen MR) is 69.4 cm³/mol. The van der Waals surface area contributed by atoms with Gasteiger partial charge >= 0.3 is 9.24 Å². The molecule has 1 amide bonds. The molecule has 1 aliphatic rings. The van der Waals surface area contributed by atoms with Gasteiger partial charge in [0.15, 0.2) is 0 Å². The first-order valence-corrected chi connectivity index (χ1v) is 7.93. The van der Waals surface area contributed by atoms with Gasteiger partial charge in [0.25, 0.3) is 0 Å². The van der Waals surface area contributed by atoms with Gasteiger partial charge in [-0.05, 0) is 18.9 Å². The van der Waals surface area contributed by atoms with Crippen molar-refractivity contribution in [2.45, 2.75) is 32.2 Å². The van der Waals surface area contributed by atoms with Crippen molar-refractivity contribution in [3.63, 3.8) is 0 Å². The Kier molecular flexibility index (Phi) is 3.15. The van der Waals surface area contributed by atoms with Gasteiger partial charge in [-0.25, -0.2) is 4.31 Å². The number of amides is 1. The van der Waals surface area contributed by atoms with Crippen molar-refractivity contribution in [1.82, 2.24) is 4.31 Å². The lowest BCUT2D eigenvalue weighted by molar-refractivity contribution is -0.146. The Morgan fingerprint density at radius 3 is 2.28 bits per heavy atom. The summed E-state index contributed by atoms with van der Waals surface area (Å²) in [6, 6.07) is 7.49. The van der Waals surface area contributed by atoms with Crippen LogP contribution in [0.1, 0.15) is 30.9 Å². The molecule has 0 spiro atoms. The summed E-state index contributed by atoms with van der Waals surface area (Å²) in [6.45, 7) is 3.80. The first-order chi connectivity index (χ1) is 8.31. The molecule has 1 aromatic rings. The Morgan fingerprint density at radius 1 is 1.33 bits per heavy atom. The molecule has 0 N–H and O–H groups in total. The van der Waals surface area contributed by atoms with Crippen LogP contribution in [0.4, 0.5) is 0 Å². The molecule has 1 aliphatic heterocycles. The van der Waals surface area contributed by atoms with E-state index in [9.17, 15) is 13.2 Å². The number of carbonyl (C=O) groups excluding carboxylic acids is 1. The second kappa shape index (κ2) is 4.24. The topological polar surface area (TPSA) is 54.5 Å². The Labute approximate surface area is 111 Å². The van der Waals surface area contributed by atoms with Gasteiger partial charge in [0, 0.05) is 10.7 Å². The molecule has 18 heavy (non-hydrogen) atoms. The van der Waals surface area contributed by atoms with Crippen molar-refractivity contribution in [3.8, 4) is 0 Å². The third-order valence-corrected chi connectivity index (χ3v) is 4.85. The van der Waals surface area contributed by atoms with Crippen molar-refractivity contribution in [1.29, 1.82) is 0 Å². The lowest BCUT2D eigenvalue weighted by Crippen LogP contribution is -2.61. The standard InChI is InChI=1S/C12H14ClNO3S/c1-3-12(10-6-4-9(2)5-7-10)8-11(15)14(12)18(13,16)17/h4-7H,3,8H2,1-2H3. The first-order valence-electron chi connectivity index (χ1n) is 5.66. The van der Waals surface area contributed by atoms with E-state index in [1.807, 2.05) is 38.1 Å². The highest BCUT2D eigenvalue weighted by molar-refractivity contribution is 8.12. The molecule has 1 aromatic carbocycles. The summed E-state index contributed by atoms with van der Waals surface area (Å²) in [6.07, 6.45) is 0.687. The molecule has 0 radical (unpaired) electrons. The number of hydrogen-bond donors (Lipinski definition) is 0. The fourth-order valence-electron chi connectivity index (χ4n) is 2.43. The zero-order valence-corrected chi connectivity index (χ0v) is 11.8. The highest BCUT2D eigenvalue weighted by atomic mass is 35.7. The van der Waals surface area contributed by atoms with Crippen LogP contribution >= 0.6 is 10.7 Å². The van der Waals surface area contributed by atoms with E-state index in [0.29, 0.717) is 6.42 Å². The minimum Gasteiger partial charge on any atom is -0.274 e. The second-order valence-corrected chi connectivity index (χ2v) is 6.89. The number of hydrogen-bond acceptors (Lipinski definition) is 3. The molecule has 0 saturated carbocycles. The summed E-state index contributed by atoms with van der Waals surface area (Å²) in [5.41, 5.74) is 1.07. The van der Waals surface area contributed by atoms with Crippen LogP contribution in [-0.2, 0) is 19.6 Å². The van der Waals surface area contributed by atoms with Gasteiger partial charge in [0.2, 0.25) is 5.91 Å². The Hall–Kier alpha value is -1.07. The quantitative estimate of drug-likeness (QED) is 0.633. The minimum atomic E-state index is -4.04. The van der Waals surface area contributed by atoms with E-state index in [-0.39, 0.29) is 6.42 Å². The van der Waals surface area contributed by atoms with Crippen LogP contribution in [0.5, 0.6) is 0 Å². The SMILES string of the molecule is CCC1(c2ccc(C)cc2)CC(=O)N1S(=O)(=O)Cl. The van der Waals surface area contributed by atoms with Crippen LogP contribution in [0.25, 0.3) is 0 Å². The van der Waals surface area contributed by atoms with Crippen molar-refractivity contribution < 1.29 is 13.2 Å². The molecule has 0 bridgehead atoms. The zero-order chi connectivity index (χ0) is 13.6. The van der Waals surface area contributed by atoms with Gasteiger partial charge in [0.05, 0.1) is 12.0 Å². The third kappa shape index (κ3) is 1.91. The summed E-state index contributed by atoms with van der Waals surface area (Å²) in [4.78, 5) is 11.6. The number of nitrogens with zero attached hydrogens (tertiary/aromatic N) is 1. The van der Waals surface area contributed by atoms with E-state index in [2.05, 4.69) is 0 Å². The fourth-order valence-corrected chi connectivity index (χ4v) is 4.08. The molecule has 2 rings (SSSR count). The zero-order valence-electron chi connectivity index (χ0n) is 10.2. The van der Waals surface area contributed by atoms with E-state index in [1.54, 1.807) is 0 Å². The molecule has 0 aliphatic carbocycles. The maximum atomic E-state index is 11.6. The number of aryl methyl sites for hydroxylation is 1. The van der Waals surface area contributed by atoms with Gasteiger partial charge < -0.3 is 0 Å². The molecule has 6 heteroatoms. The lowest BCUT2D eigenvalue weighted by atomic mass is 9.78. The van der Waals surface area contributed by atoms with Gasteiger partial charge in [-0.1, -0.05) is 36.8 Å². The highest BCUT2D eigenvalue weighted by Crippen LogP contribution is 2.46. The van der Waals surface area contributed by atoms with Crippen molar-refractivity contribution in [2.75, 3.05) is 0 Å². The summed E-state index contributed by atoms with van der Waals surface area (Å²) in [5.74, 6) is -0.451.